The lowest BCUT2D eigenvalue weighted by Crippen LogP contribution is -2.36. The van der Waals surface area contributed by atoms with E-state index in [1.54, 1.807) is 48.5 Å². The summed E-state index contributed by atoms with van der Waals surface area (Å²) in [6.45, 7) is 7.52. The van der Waals surface area contributed by atoms with Gasteiger partial charge in [0.15, 0.2) is 5.78 Å². The summed E-state index contributed by atoms with van der Waals surface area (Å²) >= 11 is 6.07. The molecule has 1 saturated carbocycles. The minimum Gasteiger partial charge on any atom is -0.489 e. The van der Waals surface area contributed by atoms with E-state index in [2.05, 4.69) is 30.0 Å². The molecule has 224 valence electrons. The first kappa shape index (κ1) is 30.6. The maximum absolute atomic E-state index is 13.8. The van der Waals surface area contributed by atoms with Crippen LogP contribution < -0.4 is 10.3 Å². The van der Waals surface area contributed by atoms with Crippen LogP contribution in [0.1, 0.15) is 28.8 Å². The second-order valence-electron chi connectivity index (χ2n) is 12.3. The second kappa shape index (κ2) is 13.2. The van der Waals surface area contributed by atoms with Gasteiger partial charge in [-0.05, 0) is 78.9 Å². The molecule has 0 amide bonds. The van der Waals surface area contributed by atoms with Crippen LogP contribution >= 0.6 is 11.6 Å². The van der Waals surface area contributed by atoms with Crippen LogP contribution in [0.3, 0.4) is 0 Å². The Bertz CT molecular complexity index is 1670. The number of rotatable bonds is 11. The van der Waals surface area contributed by atoms with Crippen LogP contribution in [-0.4, -0.2) is 41.4 Å². The van der Waals surface area contributed by atoms with Crippen LogP contribution in [0.2, 0.25) is 30.7 Å². The van der Waals surface area contributed by atoms with E-state index in [9.17, 15) is 14.4 Å². The van der Waals surface area contributed by atoms with Gasteiger partial charge in [-0.1, -0.05) is 60.7 Å². The van der Waals surface area contributed by atoms with E-state index in [4.69, 9.17) is 21.1 Å². The Labute approximate surface area is 257 Å². The van der Waals surface area contributed by atoms with E-state index >= 15 is 0 Å². The lowest BCUT2D eigenvalue weighted by Gasteiger charge is -2.24. The smallest absolute Gasteiger partial charge is 0.310 e. The molecular weight excluding hydrogens is 582 g/mol. The van der Waals surface area contributed by atoms with Crippen LogP contribution in [0, 0.1) is 17.8 Å². The Morgan fingerprint density at radius 3 is 2.51 bits per heavy atom. The molecule has 5 rings (SSSR count). The van der Waals surface area contributed by atoms with Crippen molar-refractivity contribution in [2.24, 2.45) is 17.8 Å². The first-order valence-corrected chi connectivity index (χ1v) is 18.7. The highest BCUT2D eigenvalue weighted by atomic mass is 35.5. The fraction of sp³-hybridized carbons (Fsp3) is 0.364. The van der Waals surface area contributed by atoms with Crippen LogP contribution in [0.15, 0.2) is 77.6 Å². The van der Waals surface area contributed by atoms with Crippen molar-refractivity contribution in [2.75, 3.05) is 6.61 Å². The number of benzene rings is 3. The van der Waals surface area contributed by atoms with Crippen LogP contribution in [-0.2, 0) is 22.7 Å². The molecule has 0 spiro atoms. The number of fused-ring (bicyclic) bond motifs is 1. The van der Waals surface area contributed by atoms with Crippen molar-refractivity contribution in [1.82, 2.24) is 15.0 Å². The molecule has 3 aromatic carbocycles. The Morgan fingerprint density at radius 1 is 1.00 bits per heavy atom. The van der Waals surface area contributed by atoms with Gasteiger partial charge in [-0.25, -0.2) is 4.68 Å². The maximum atomic E-state index is 13.8. The number of hydrogen-bond acceptors (Lipinski definition) is 7. The highest BCUT2D eigenvalue weighted by Crippen LogP contribution is 2.41. The molecule has 0 aliphatic heterocycles. The van der Waals surface area contributed by atoms with Crippen molar-refractivity contribution in [3.63, 3.8) is 0 Å². The molecule has 0 N–H and O–H groups in total. The summed E-state index contributed by atoms with van der Waals surface area (Å²) in [5, 5.41) is 9.45. The molecule has 1 aliphatic rings. The summed E-state index contributed by atoms with van der Waals surface area (Å²) < 4.78 is 13.0. The highest BCUT2D eigenvalue weighted by molar-refractivity contribution is 6.76. The van der Waals surface area contributed by atoms with Gasteiger partial charge in [0.25, 0.3) is 5.56 Å². The average Bonchev–Trinajstić information content (AvgIpc) is 3.40. The van der Waals surface area contributed by atoms with Crippen LogP contribution in [0.5, 0.6) is 5.75 Å². The first-order valence-electron chi connectivity index (χ1n) is 14.6. The lowest BCUT2D eigenvalue weighted by atomic mass is 9.84. The molecule has 43 heavy (non-hydrogen) atoms. The Morgan fingerprint density at radius 2 is 1.77 bits per heavy atom. The molecule has 8 nitrogen and oxygen atoms in total. The van der Waals surface area contributed by atoms with Gasteiger partial charge < -0.3 is 9.47 Å². The number of Topliss-reactive ketones (excluding diaryl/α,β-unsaturated/α-hetero) is 1. The van der Waals surface area contributed by atoms with E-state index in [1.165, 1.54) is 4.68 Å². The SMILES string of the molecule is C[Si](C)(C)CCOC(=O)[C@H]1[C@H](Cn2nnc3ccccc3c2=O)CC[C@@H]1C(=O)c1ccc(OCc2cccc(Cl)c2)cc1. The van der Waals surface area contributed by atoms with Gasteiger partial charge >= 0.3 is 5.97 Å². The number of ether oxygens (including phenoxy) is 2. The molecule has 4 aromatic rings. The Balaban J connectivity index is 1.33. The van der Waals surface area contributed by atoms with Crippen molar-refractivity contribution in [3.8, 4) is 5.75 Å². The number of aromatic nitrogens is 3. The quantitative estimate of drug-likeness (QED) is 0.109. The molecule has 1 aliphatic carbocycles. The molecule has 3 atom stereocenters. The first-order chi connectivity index (χ1) is 20.6. The van der Waals surface area contributed by atoms with E-state index < -0.39 is 19.9 Å². The number of carbonyl (C=O) groups is 2. The van der Waals surface area contributed by atoms with Crippen molar-refractivity contribution < 1.29 is 19.1 Å². The van der Waals surface area contributed by atoms with E-state index in [1.807, 2.05) is 24.3 Å². The number of nitrogens with zero attached hydrogens (tertiary/aromatic N) is 3. The van der Waals surface area contributed by atoms with Crippen molar-refractivity contribution in [1.29, 1.82) is 0 Å². The number of ketones is 1. The molecule has 10 heteroatoms. The molecule has 1 fully saturated rings. The molecule has 0 radical (unpaired) electrons. The predicted molar refractivity (Wildman–Crippen MR) is 169 cm³/mol. The molecule has 0 unspecified atom stereocenters. The lowest BCUT2D eigenvalue weighted by molar-refractivity contribution is -0.150. The zero-order valence-corrected chi connectivity index (χ0v) is 26.4. The molecule has 0 saturated heterocycles. The topological polar surface area (TPSA) is 100 Å². The fourth-order valence-corrected chi connectivity index (χ4v) is 6.51. The summed E-state index contributed by atoms with van der Waals surface area (Å²) in [6.07, 6.45) is 1.10. The van der Waals surface area contributed by atoms with Gasteiger partial charge in [0.1, 0.15) is 17.9 Å². The largest absolute Gasteiger partial charge is 0.489 e. The minimum absolute atomic E-state index is 0.118. The summed E-state index contributed by atoms with van der Waals surface area (Å²) in [5.41, 5.74) is 1.70. The van der Waals surface area contributed by atoms with Gasteiger partial charge in [0.2, 0.25) is 0 Å². The van der Waals surface area contributed by atoms with Gasteiger partial charge in [0.05, 0.1) is 24.5 Å². The van der Waals surface area contributed by atoms with E-state index in [0.717, 1.165) is 11.6 Å². The Hall–Kier alpha value is -3.82. The Kier molecular flexibility index (Phi) is 9.42. The van der Waals surface area contributed by atoms with Gasteiger partial charge in [-0.15, -0.1) is 5.10 Å². The number of esters is 1. The van der Waals surface area contributed by atoms with Crippen molar-refractivity contribution in [3.05, 3.63) is 99.3 Å². The molecule has 0 bridgehead atoms. The summed E-state index contributed by atoms with van der Waals surface area (Å²) in [5.74, 6) is -1.42. The minimum atomic E-state index is -1.43. The molecule has 1 heterocycles. The molecule has 1 aromatic heterocycles. The predicted octanol–water partition coefficient (Wildman–Crippen LogP) is 6.43. The number of carbonyl (C=O) groups excluding carboxylic acids is 2. The fourth-order valence-electron chi connectivity index (χ4n) is 5.58. The second-order valence-corrected chi connectivity index (χ2v) is 18.4. The molecular formula is C33H36ClN3O5Si. The third-order valence-corrected chi connectivity index (χ3v) is 9.90. The summed E-state index contributed by atoms with van der Waals surface area (Å²) in [7, 11) is -1.43. The van der Waals surface area contributed by atoms with Gasteiger partial charge in [-0.3, -0.25) is 14.4 Å². The van der Waals surface area contributed by atoms with Crippen LogP contribution in [0.4, 0.5) is 0 Å². The van der Waals surface area contributed by atoms with Gasteiger partial charge in [0, 0.05) is 24.6 Å². The standard InChI is InChI=1S/C33H36ClN3O5Si/c1-43(2,3)18-17-41-33(40)30-24(20-37-32(39)27-9-4-5-10-29(27)35-36-37)13-16-28(30)31(38)23-11-14-26(15-12-23)42-21-22-7-6-8-25(34)19-22/h4-12,14-15,19,24,28,30H,13,16-18,20-21H2,1-3H3/t24-,28-,30-/m0/s1. The third kappa shape index (κ3) is 7.58. The van der Waals surface area contributed by atoms with Gasteiger partial charge in [-0.2, -0.15) is 0 Å². The third-order valence-electron chi connectivity index (χ3n) is 7.97. The number of hydrogen-bond donors (Lipinski definition) is 0. The van der Waals surface area contributed by atoms with Crippen molar-refractivity contribution >= 4 is 42.3 Å². The van der Waals surface area contributed by atoms with Crippen molar-refractivity contribution in [2.45, 2.75) is 51.7 Å². The summed E-state index contributed by atoms with van der Waals surface area (Å²) in [6, 6.07) is 22.3. The summed E-state index contributed by atoms with van der Waals surface area (Å²) in [4.78, 5) is 40.5. The number of halogens is 1. The van der Waals surface area contributed by atoms with E-state index in [0.29, 0.717) is 53.3 Å². The monoisotopic (exact) mass is 617 g/mol. The maximum Gasteiger partial charge on any atom is 0.310 e. The zero-order chi connectivity index (χ0) is 30.6. The van der Waals surface area contributed by atoms with E-state index in [-0.39, 0.29) is 29.8 Å². The van der Waals surface area contributed by atoms with Crippen LogP contribution in [0.25, 0.3) is 10.9 Å². The normalized spacial score (nSPS) is 18.5. The highest BCUT2D eigenvalue weighted by Gasteiger charge is 2.46. The average molecular weight is 618 g/mol. The zero-order valence-electron chi connectivity index (χ0n) is 24.7.